The average molecular weight is 652 g/mol. The first-order chi connectivity index (χ1) is 22.8. The largest absolute Gasteiger partial charge is 0.494 e. The molecule has 7 rings (SSSR count). The molecular weight excluding hydrogens is 611 g/mol. The summed E-state index contributed by atoms with van der Waals surface area (Å²) in [5.41, 5.74) is 1.53. The zero-order valence-corrected chi connectivity index (χ0v) is 27.7. The van der Waals surface area contributed by atoms with E-state index in [0.29, 0.717) is 39.1 Å². The maximum atomic E-state index is 14.9. The van der Waals surface area contributed by atoms with E-state index >= 15 is 0 Å². The van der Waals surface area contributed by atoms with Gasteiger partial charge in [-0.3, -0.25) is 14.4 Å². The Hall–Kier alpha value is -4.08. The topological polar surface area (TPSA) is 90.4 Å². The van der Waals surface area contributed by atoms with E-state index in [1.807, 2.05) is 92.7 Å². The third-order valence-corrected chi connectivity index (χ3v) is 11.9. The number of aliphatic hydroxyl groups excluding tert-OH is 1. The van der Waals surface area contributed by atoms with Gasteiger partial charge in [-0.1, -0.05) is 54.6 Å². The monoisotopic (exact) mass is 651 g/mol. The highest BCUT2D eigenvalue weighted by Crippen LogP contribution is 2.65. The summed E-state index contributed by atoms with van der Waals surface area (Å²) in [6, 6.07) is 20.8. The minimum atomic E-state index is -0.919. The van der Waals surface area contributed by atoms with Crippen LogP contribution in [0.3, 0.4) is 0 Å². The molecule has 3 aromatic rings. The maximum absolute atomic E-state index is 14.9. The van der Waals surface area contributed by atoms with Crippen LogP contribution in [-0.2, 0) is 14.4 Å². The molecule has 244 valence electrons. The van der Waals surface area contributed by atoms with Crippen molar-refractivity contribution < 1.29 is 24.2 Å². The molecule has 2 fully saturated rings. The third kappa shape index (κ3) is 5.24. The van der Waals surface area contributed by atoms with Crippen molar-refractivity contribution >= 4 is 51.6 Å². The molecule has 8 nitrogen and oxygen atoms in total. The molecule has 3 amide bonds. The van der Waals surface area contributed by atoms with Crippen LogP contribution in [0, 0.1) is 11.8 Å². The molecular formula is C38H41N3O5S. The first-order valence-electron chi connectivity index (χ1n) is 16.6. The van der Waals surface area contributed by atoms with Gasteiger partial charge in [-0.2, -0.15) is 0 Å². The molecule has 4 heterocycles. The summed E-state index contributed by atoms with van der Waals surface area (Å²) in [6.45, 7) is 5.78. The van der Waals surface area contributed by atoms with E-state index in [2.05, 4.69) is 12.2 Å². The van der Waals surface area contributed by atoms with Gasteiger partial charge in [0.2, 0.25) is 11.8 Å². The van der Waals surface area contributed by atoms with Crippen LogP contribution in [0.4, 0.5) is 11.4 Å². The number of amides is 3. The molecule has 0 aliphatic carbocycles. The van der Waals surface area contributed by atoms with Crippen LogP contribution >= 0.6 is 11.8 Å². The first-order valence-corrected chi connectivity index (χ1v) is 17.4. The first kappa shape index (κ1) is 31.5. The van der Waals surface area contributed by atoms with Crippen LogP contribution in [0.5, 0.6) is 5.75 Å². The molecule has 2 saturated heterocycles. The van der Waals surface area contributed by atoms with Gasteiger partial charge >= 0.3 is 0 Å². The van der Waals surface area contributed by atoms with Crippen LogP contribution < -0.4 is 14.5 Å². The zero-order chi connectivity index (χ0) is 32.8. The zero-order valence-electron chi connectivity index (χ0n) is 26.9. The van der Waals surface area contributed by atoms with Gasteiger partial charge in [-0.15, -0.1) is 11.8 Å². The minimum Gasteiger partial charge on any atom is -0.494 e. The predicted molar refractivity (Wildman–Crippen MR) is 187 cm³/mol. The number of ether oxygens (including phenoxy) is 1. The van der Waals surface area contributed by atoms with Gasteiger partial charge in [0.15, 0.2) is 0 Å². The lowest BCUT2D eigenvalue weighted by Crippen LogP contribution is -2.53. The highest BCUT2D eigenvalue weighted by Gasteiger charge is 2.74. The lowest BCUT2D eigenvalue weighted by atomic mass is 9.74. The normalized spacial score (nSPS) is 28.4. The van der Waals surface area contributed by atoms with E-state index in [1.54, 1.807) is 26.5 Å². The number of rotatable bonds is 9. The van der Waals surface area contributed by atoms with Crippen LogP contribution in [-0.4, -0.2) is 76.1 Å². The number of hydrogen-bond acceptors (Lipinski definition) is 6. The van der Waals surface area contributed by atoms with Gasteiger partial charge < -0.3 is 24.5 Å². The smallest absolute Gasteiger partial charge is 0.251 e. The van der Waals surface area contributed by atoms with Crippen LogP contribution in [0.1, 0.15) is 33.1 Å². The standard InChI is InChI=1S/C38H41N3O5S/c1-3-46-30-17-15-28(16-18-30)39-22-9-19-37(2)31(34(39)43)32-35(44)41(21-7-4-8-24-42)33-36(45)40(23-10-20-38(32,33)47-37)29-14-13-26-11-5-6-12-27(26)25-29/h5-6,9-20,25,31-33,42H,3-4,7-8,21-24H2,1-2H3/t31-,32+,33?,37+,38+/m1/s1. The van der Waals surface area contributed by atoms with Gasteiger partial charge in [0.1, 0.15) is 11.8 Å². The van der Waals surface area contributed by atoms with Crippen molar-refractivity contribution in [3.05, 3.63) is 91.0 Å². The third-order valence-electron chi connectivity index (χ3n) is 10.1. The van der Waals surface area contributed by atoms with E-state index < -0.39 is 27.4 Å². The number of aliphatic hydroxyl groups is 1. The molecule has 5 atom stereocenters. The average Bonchev–Trinajstić information content (AvgIpc) is 3.34. The number of fused-ring (bicyclic) bond motifs is 3. The maximum Gasteiger partial charge on any atom is 0.251 e. The summed E-state index contributed by atoms with van der Waals surface area (Å²) in [5, 5.41) is 11.5. The number of nitrogens with zero attached hydrogens (tertiary/aromatic N) is 3. The molecule has 1 unspecified atom stereocenters. The summed E-state index contributed by atoms with van der Waals surface area (Å²) in [7, 11) is 0. The molecule has 0 bridgehead atoms. The lowest BCUT2D eigenvalue weighted by molar-refractivity contribution is -0.139. The fraction of sp³-hybridized carbons (Fsp3) is 0.395. The molecule has 0 saturated carbocycles. The number of benzene rings is 3. The number of hydrogen-bond donors (Lipinski definition) is 1. The highest BCUT2D eigenvalue weighted by atomic mass is 32.2. The number of thioether (sulfide) groups is 1. The molecule has 1 spiro atoms. The quantitative estimate of drug-likeness (QED) is 0.240. The van der Waals surface area contributed by atoms with E-state index in [4.69, 9.17) is 4.74 Å². The van der Waals surface area contributed by atoms with Gasteiger partial charge in [0.05, 0.1) is 23.2 Å². The van der Waals surface area contributed by atoms with Gasteiger partial charge in [0.25, 0.3) is 5.91 Å². The Morgan fingerprint density at radius 1 is 0.809 bits per heavy atom. The lowest BCUT2D eigenvalue weighted by Gasteiger charge is -2.37. The Labute approximate surface area is 280 Å². The number of likely N-dealkylation sites (tertiary alicyclic amines) is 1. The summed E-state index contributed by atoms with van der Waals surface area (Å²) in [4.78, 5) is 49.7. The minimum absolute atomic E-state index is 0.0832. The Balaban J connectivity index is 1.29. The summed E-state index contributed by atoms with van der Waals surface area (Å²) < 4.78 is 4.02. The Morgan fingerprint density at radius 3 is 2.26 bits per heavy atom. The van der Waals surface area contributed by atoms with Crippen molar-refractivity contribution in [1.82, 2.24) is 4.90 Å². The molecule has 4 aliphatic rings. The number of carbonyl (C=O) groups excluding carboxylic acids is 3. The Bertz CT molecular complexity index is 1760. The van der Waals surface area contributed by atoms with Crippen molar-refractivity contribution in [3.8, 4) is 5.75 Å². The fourth-order valence-electron chi connectivity index (χ4n) is 8.03. The van der Waals surface area contributed by atoms with Crippen LogP contribution in [0.2, 0.25) is 0 Å². The van der Waals surface area contributed by atoms with Crippen LogP contribution in [0.25, 0.3) is 10.8 Å². The second kappa shape index (κ2) is 12.5. The van der Waals surface area contributed by atoms with Crippen molar-refractivity contribution in [2.45, 2.75) is 48.6 Å². The fourth-order valence-corrected chi connectivity index (χ4v) is 10.2. The molecule has 4 aliphatic heterocycles. The van der Waals surface area contributed by atoms with E-state index in [1.165, 1.54) is 0 Å². The molecule has 0 aromatic heterocycles. The second-order valence-corrected chi connectivity index (χ2v) is 14.8. The van der Waals surface area contributed by atoms with E-state index in [-0.39, 0.29) is 24.3 Å². The summed E-state index contributed by atoms with van der Waals surface area (Å²) >= 11 is 1.60. The van der Waals surface area contributed by atoms with E-state index in [0.717, 1.165) is 34.3 Å². The number of anilines is 2. The molecule has 0 radical (unpaired) electrons. The number of unbranched alkanes of at least 4 members (excludes halogenated alkanes) is 2. The molecule has 47 heavy (non-hydrogen) atoms. The molecule has 3 aromatic carbocycles. The predicted octanol–water partition coefficient (Wildman–Crippen LogP) is 5.59. The van der Waals surface area contributed by atoms with Gasteiger partial charge in [-0.05, 0) is 80.3 Å². The highest BCUT2D eigenvalue weighted by molar-refractivity contribution is 8.02. The van der Waals surface area contributed by atoms with Crippen molar-refractivity contribution in [2.75, 3.05) is 42.6 Å². The van der Waals surface area contributed by atoms with E-state index in [9.17, 15) is 19.5 Å². The van der Waals surface area contributed by atoms with Gasteiger partial charge in [0, 0.05) is 42.4 Å². The van der Waals surface area contributed by atoms with Gasteiger partial charge in [-0.25, -0.2) is 0 Å². The molecule has 1 N–H and O–H groups in total. The Kier molecular flexibility index (Phi) is 8.39. The summed E-state index contributed by atoms with van der Waals surface area (Å²) in [5.74, 6) is -1.03. The van der Waals surface area contributed by atoms with Crippen molar-refractivity contribution in [2.24, 2.45) is 11.8 Å². The second-order valence-electron chi connectivity index (χ2n) is 13.0. The summed E-state index contributed by atoms with van der Waals surface area (Å²) in [6.07, 6.45) is 10.2. The SMILES string of the molecule is CCOc1ccc(N2CC=C[C@]3(C)S[C@]45C=CCN(c6ccc7ccccc7c6)C(=O)C4N(CCCCCO)C(=O)[C@@H]5[C@@H]3C2=O)cc1. The molecule has 9 heteroatoms. The van der Waals surface area contributed by atoms with Crippen LogP contribution in [0.15, 0.2) is 91.0 Å². The van der Waals surface area contributed by atoms with Crippen molar-refractivity contribution in [1.29, 1.82) is 0 Å². The Morgan fingerprint density at radius 2 is 1.51 bits per heavy atom. The van der Waals surface area contributed by atoms with Crippen molar-refractivity contribution in [3.63, 3.8) is 0 Å². The number of carbonyl (C=O) groups is 3.